The van der Waals surface area contributed by atoms with Gasteiger partial charge in [-0.3, -0.25) is 0 Å². The molecule has 3 nitrogen and oxygen atoms in total. The molecule has 0 radical (unpaired) electrons. The fourth-order valence-corrected chi connectivity index (χ4v) is 2.36. The lowest BCUT2D eigenvalue weighted by Gasteiger charge is -2.34. The van der Waals surface area contributed by atoms with Crippen molar-refractivity contribution in [1.29, 1.82) is 0 Å². The monoisotopic (exact) mass is 259 g/mol. The Bertz CT molecular complexity index is 250. The van der Waals surface area contributed by atoms with Crippen LogP contribution in [0, 0.1) is 5.92 Å². The summed E-state index contributed by atoms with van der Waals surface area (Å²) in [5.74, 6) is 1.56. The molecule has 0 saturated carbocycles. The van der Waals surface area contributed by atoms with Crippen molar-refractivity contribution in [1.82, 2.24) is 4.90 Å². The van der Waals surface area contributed by atoms with Crippen LogP contribution >= 0.6 is 12.6 Å². The minimum absolute atomic E-state index is 0.159. The Labute approximate surface area is 110 Å². The fraction of sp³-hybridized carbons (Fsp3) is 0.923. The standard InChI is InChI=1S/C13H25NO2S/c1-13(2,3)16-12(15)14-8-4-6-11(10-14)7-5-9-17/h11,17H,4-10H2,1-3H3. The third kappa shape index (κ3) is 5.66. The number of likely N-dealkylation sites (tertiary alicyclic amines) is 1. The van der Waals surface area contributed by atoms with Crippen molar-refractivity contribution in [3.05, 3.63) is 0 Å². The molecule has 0 N–H and O–H groups in total. The highest BCUT2D eigenvalue weighted by molar-refractivity contribution is 7.80. The van der Waals surface area contributed by atoms with Gasteiger partial charge in [-0.2, -0.15) is 12.6 Å². The molecule has 1 unspecified atom stereocenters. The summed E-state index contributed by atoms with van der Waals surface area (Å²) in [6, 6.07) is 0. The van der Waals surface area contributed by atoms with Gasteiger partial charge in [0.15, 0.2) is 0 Å². The highest BCUT2D eigenvalue weighted by Crippen LogP contribution is 2.22. The predicted octanol–water partition coefficient (Wildman–Crippen LogP) is 3.34. The molecule has 1 aliphatic rings. The number of thiol groups is 1. The molecule has 0 aliphatic carbocycles. The van der Waals surface area contributed by atoms with E-state index < -0.39 is 5.60 Å². The van der Waals surface area contributed by atoms with E-state index in [1.165, 1.54) is 12.8 Å². The number of nitrogens with zero attached hydrogens (tertiary/aromatic N) is 1. The SMILES string of the molecule is CC(C)(C)OC(=O)N1CCCC(CCCS)C1. The van der Waals surface area contributed by atoms with E-state index in [4.69, 9.17) is 4.74 Å². The Hall–Kier alpha value is -0.380. The molecule has 1 heterocycles. The summed E-state index contributed by atoms with van der Waals surface area (Å²) < 4.78 is 5.40. The summed E-state index contributed by atoms with van der Waals surface area (Å²) >= 11 is 4.23. The predicted molar refractivity (Wildman–Crippen MR) is 73.6 cm³/mol. The zero-order chi connectivity index (χ0) is 12.9. The van der Waals surface area contributed by atoms with Crippen LogP contribution in [-0.2, 0) is 4.74 Å². The Morgan fingerprint density at radius 3 is 2.76 bits per heavy atom. The Morgan fingerprint density at radius 1 is 1.47 bits per heavy atom. The first-order valence-electron chi connectivity index (χ1n) is 6.51. The molecule has 0 spiro atoms. The molecule has 100 valence electrons. The molecule has 1 atom stereocenters. The van der Waals surface area contributed by atoms with Gasteiger partial charge >= 0.3 is 6.09 Å². The minimum Gasteiger partial charge on any atom is -0.444 e. The van der Waals surface area contributed by atoms with Crippen molar-refractivity contribution in [2.45, 2.75) is 52.1 Å². The van der Waals surface area contributed by atoms with Crippen molar-refractivity contribution >= 4 is 18.7 Å². The number of hydrogen-bond donors (Lipinski definition) is 1. The Kier molecular flexibility index (Phi) is 5.63. The zero-order valence-electron chi connectivity index (χ0n) is 11.2. The maximum absolute atomic E-state index is 11.9. The van der Waals surface area contributed by atoms with E-state index in [1.54, 1.807) is 0 Å². The summed E-state index contributed by atoms with van der Waals surface area (Å²) in [4.78, 5) is 13.8. The molecule has 0 bridgehead atoms. The van der Waals surface area contributed by atoms with Gasteiger partial charge in [0.05, 0.1) is 0 Å². The normalized spacial score (nSPS) is 21.4. The van der Waals surface area contributed by atoms with E-state index >= 15 is 0 Å². The topological polar surface area (TPSA) is 29.5 Å². The Balaban J connectivity index is 2.40. The smallest absolute Gasteiger partial charge is 0.410 e. The van der Waals surface area contributed by atoms with Crippen LogP contribution in [0.4, 0.5) is 4.79 Å². The largest absolute Gasteiger partial charge is 0.444 e. The summed E-state index contributed by atoms with van der Waals surface area (Å²) in [5, 5.41) is 0. The van der Waals surface area contributed by atoms with Gasteiger partial charge in [-0.15, -0.1) is 0 Å². The van der Waals surface area contributed by atoms with Crippen molar-refractivity contribution in [2.75, 3.05) is 18.8 Å². The van der Waals surface area contributed by atoms with Crippen LogP contribution < -0.4 is 0 Å². The fourth-order valence-electron chi connectivity index (χ4n) is 2.17. The van der Waals surface area contributed by atoms with E-state index in [0.29, 0.717) is 5.92 Å². The van der Waals surface area contributed by atoms with Crippen molar-refractivity contribution in [3.8, 4) is 0 Å². The van der Waals surface area contributed by atoms with Gasteiger partial charge in [0.1, 0.15) is 5.60 Å². The van der Waals surface area contributed by atoms with Crippen LogP contribution in [-0.4, -0.2) is 35.4 Å². The van der Waals surface area contributed by atoms with E-state index in [2.05, 4.69) is 12.6 Å². The molecule has 0 aromatic carbocycles. The van der Waals surface area contributed by atoms with Crippen molar-refractivity contribution in [3.63, 3.8) is 0 Å². The molecule has 1 fully saturated rings. The molecule has 1 amide bonds. The number of hydrogen-bond acceptors (Lipinski definition) is 3. The second kappa shape index (κ2) is 6.53. The van der Waals surface area contributed by atoms with Gasteiger partial charge in [0, 0.05) is 13.1 Å². The van der Waals surface area contributed by atoms with Crippen LogP contribution in [0.1, 0.15) is 46.5 Å². The van der Waals surface area contributed by atoms with Gasteiger partial charge in [-0.05, 0) is 58.1 Å². The second-order valence-corrected chi connectivity index (χ2v) is 6.25. The van der Waals surface area contributed by atoms with Crippen LogP contribution in [0.25, 0.3) is 0 Å². The maximum Gasteiger partial charge on any atom is 0.410 e. The average Bonchev–Trinajstić information content (AvgIpc) is 2.24. The third-order valence-corrected chi connectivity index (χ3v) is 3.26. The first kappa shape index (κ1) is 14.7. The number of carbonyl (C=O) groups excluding carboxylic acids is 1. The lowest BCUT2D eigenvalue weighted by molar-refractivity contribution is 0.0161. The molecule has 1 saturated heterocycles. The van der Waals surface area contributed by atoms with Gasteiger partial charge in [0.2, 0.25) is 0 Å². The van der Waals surface area contributed by atoms with Crippen LogP contribution in [0.2, 0.25) is 0 Å². The average molecular weight is 259 g/mol. The number of carbonyl (C=O) groups is 1. The number of piperidine rings is 1. The maximum atomic E-state index is 11.9. The molecular formula is C13H25NO2S. The molecule has 0 aromatic heterocycles. The van der Waals surface area contributed by atoms with Crippen LogP contribution in [0.15, 0.2) is 0 Å². The molecule has 0 aromatic rings. The molecule has 1 aliphatic heterocycles. The summed E-state index contributed by atoms with van der Waals surface area (Å²) in [6.45, 7) is 7.42. The summed E-state index contributed by atoms with van der Waals surface area (Å²) in [7, 11) is 0. The minimum atomic E-state index is -0.394. The quantitative estimate of drug-likeness (QED) is 0.788. The first-order chi connectivity index (χ1) is 7.92. The zero-order valence-corrected chi connectivity index (χ0v) is 12.1. The lowest BCUT2D eigenvalue weighted by Crippen LogP contribution is -2.42. The number of amides is 1. The van der Waals surface area contributed by atoms with Crippen LogP contribution in [0.5, 0.6) is 0 Å². The van der Waals surface area contributed by atoms with Crippen LogP contribution in [0.3, 0.4) is 0 Å². The highest BCUT2D eigenvalue weighted by atomic mass is 32.1. The first-order valence-corrected chi connectivity index (χ1v) is 7.14. The van der Waals surface area contributed by atoms with E-state index in [-0.39, 0.29) is 6.09 Å². The summed E-state index contributed by atoms with van der Waals surface area (Å²) in [6.07, 6.45) is 4.47. The lowest BCUT2D eigenvalue weighted by atomic mass is 9.94. The summed E-state index contributed by atoms with van der Waals surface area (Å²) in [5.41, 5.74) is -0.394. The number of ether oxygens (including phenoxy) is 1. The molecule has 17 heavy (non-hydrogen) atoms. The van der Waals surface area contributed by atoms with Gasteiger partial charge in [-0.1, -0.05) is 0 Å². The van der Waals surface area contributed by atoms with Gasteiger partial charge in [-0.25, -0.2) is 4.79 Å². The molecular weight excluding hydrogens is 234 g/mol. The Morgan fingerprint density at radius 2 is 2.18 bits per heavy atom. The van der Waals surface area contributed by atoms with Gasteiger partial charge in [0.25, 0.3) is 0 Å². The molecule has 1 rings (SSSR count). The molecule has 4 heteroatoms. The van der Waals surface area contributed by atoms with Crippen molar-refractivity contribution in [2.24, 2.45) is 5.92 Å². The highest BCUT2D eigenvalue weighted by Gasteiger charge is 2.27. The van der Waals surface area contributed by atoms with Gasteiger partial charge < -0.3 is 9.64 Å². The second-order valence-electron chi connectivity index (χ2n) is 5.80. The van der Waals surface area contributed by atoms with E-state index in [0.717, 1.165) is 31.7 Å². The number of rotatable bonds is 3. The van der Waals surface area contributed by atoms with Crippen molar-refractivity contribution < 1.29 is 9.53 Å². The third-order valence-electron chi connectivity index (χ3n) is 2.94. The van der Waals surface area contributed by atoms with E-state index in [9.17, 15) is 4.79 Å². The van der Waals surface area contributed by atoms with E-state index in [1.807, 2.05) is 25.7 Å².